The molecule has 1 amide bonds. The summed E-state index contributed by atoms with van der Waals surface area (Å²) in [5.41, 5.74) is 3.01. The van der Waals surface area contributed by atoms with Gasteiger partial charge in [-0.25, -0.2) is 4.68 Å². The smallest absolute Gasteiger partial charge is 0.261 e. The van der Waals surface area contributed by atoms with E-state index in [1.165, 1.54) is 0 Å². The third-order valence-corrected chi connectivity index (χ3v) is 4.71. The van der Waals surface area contributed by atoms with E-state index in [9.17, 15) is 4.79 Å². The molecule has 1 atom stereocenters. The molecular formula is C21H21N3O3. The topological polar surface area (TPSA) is 56.6 Å². The fourth-order valence-electron chi connectivity index (χ4n) is 3.33. The first-order valence-electron chi connectivity index (χ1n) is 8.85. The molecule has 4 rings (SSSR count). The third-order valence-electron chi connectivity index (χ3n) is 4.71. The molecule has 3 aromatic rings. The Hall–Kier alpha value is -3.28. The number of ether oxygens (including phenoxy) is 2. The molecule has 2 heterocycles. The molecule has 6 heteroatoms. The second kappa shape index (κ2) is 6.79. The van der Waals surface area contributed by atoms with Gasteiger partial charge in [-0.15, -0.1) is 0 Å². The predicted octanol–water partition coefficient (Wildman–Crippen LogP) is 3.62. The molecule has 0 aliphatic carbocycles. The zero-order valence-corrected chi connectivity index (χ0v) is 15.5. The molecule has 27 heavy (non-hydrogen) atoms. The highest BCUT2D eigenvalue weighted by atomic mass is 16.5. The Bertz CT molecular complexity index is 982. The maximum absolute atomic E-state index is 13.3. The molecule has 0 N–H and O–H groups in total. The van der Waals surface area contributed by atoms with Gasteiger partial charge in [0.15, 0.2) is 0 Å². The van der Waals surface area contributed by atoms with Crippen LogP contribution in [-0.2, 0) is 0 Å². The molecule has 138 valence electrons. The van der Waals surface area contributed by atoms with E-state index in [-0.39, 0.29) is 12.0 Å². The molecule has 0 fully saturated rings. The Kier molecular flexibility index (Phi) is 4.32. The highest BCUT2D eigenvalue weighted by molar-refractivity contribution is 6.08. The van der Waals surface area contributed by atoms with E-state index in [0.717, 1.165) is 11.4 Å². The standard InChI is InChI=1S/C21H21N3O3/c1-14-13-23(19-11-17(26-3)9-10-20(19)27-14)21(25)18-12-22-24(15(18)2)16-7-5-4-6-8-16/h4-12,14H,13H2,1-3H3/t14-/m0/s1. The summed E-state index contributed by atoms with van der Waals surface area (Å²) in [5.74, 6) is 1.26. The van der Waals surface area contributed by atoms with Crippen molar-refractivity contribution in [2.24, 2.45) is 0 Å². The van der Waals surface area contributed by atoms with Crippen LogP contribution in [0.4, 0.5) is 5.69 Å². The minimum Gasteiger partial charge on any atom is -0.497 e. The van der Waals surface area contributed by atoms with Crippen LogP contribution in [0.1, 0.15) is 23.0 Å². The van der Waals surface area contributed by atoms with E-state index >= 15 is 0 Å². The van der Waals surface area contributed by atoms with Crippen molar-refractivity contribution in [2.75, 3.05) is 18.6 Å². The maximum Gasteiger partial charge on any atom is 0.261 e. The number of carbonyl (C=O) groups is 1. The van der Waals surface area contributed by atoms with Crippen molar-refractivity contribution in [1.29, 1.82) is 0 Å². The number of hydrogen-bond acceptors (Lipinski definition) is 4. The number of rotatable bonds is 3. The van der Waals surface area contributed by atoms with E-state index in [1.54, 1.807) is 22.9 Å². The minimum atomic E-state index is -0.0979. The molecule has 2 aromatic carbocycles. The molecule has 0 saturated carbocycles. The molecule has 0 bridgehead atoms. The minimum absolute atomic E-state index is 0.0978. The lowest BCUT2D eigenvalue weighted by Crippen LogP contribution is -2.42. The van der Waals surface area contributed by atoms with Gasteiger partial charge in [-0.1, -0.05) is 18.2 Å². The third kappa shape index (κ3) is 3.03. The first kappa shape index (κ1) is 17.1. The summed E-state index contributed by atoms with van der Waals surface area (Å²) in [6.07, 6.45) is 1.53. The van der Waals surface area contributed by atoms with Crippen LogP contribution in [-0.4, -0.2) is 35.4 Å². The summed E-state index contributed by atoms with van der Waals surface area (Å²) in [5, 5.41) is 4.42. The van der Waals surface area contributed by atoms with Gasteiger partial charge < -0.3 is 14.4 Å². The van der Waals surface area contributed by atoms with Crippen LogP contribution in [0, 0.1) is 6.92 Å². The highest BCUT2D eigenvalue weighted by Crippen LogP contribution is 2.37. The molecule has 6 nitrogen and oxygen atoms in total. The van der Waals surface area contributed by atoms with E-state index in [2.05, 4.69) is 5.10 Å². The molecule has 0 saturated heterocycles. The van der Waals surface area contributed by atoms with Crippen molar-refractivity contribution >= 4 is 11.6 Å². The largest absolute Gasteiger partial charge is 0.497 e. The summed E-state index contributed by atoms with van der Waals surface area (Å²) in [7, 11) is 1.61. The molecule has 1 aliphatic rings. The van der Waals surface area contributed by atoms with Gasteiger partial charge in [0.25, 0.3) is 5.91 Å². The zero-order valence-electron chi connectivity index (χ0n) is 15.5. The van der Waals surface area contributed by atoms with Crippen LogP contribution in [0.5, 0.6) is 11.5 Å². The molecule has 1 aromatic heterocycles. The number of anilines is 1. The molecule has 0 radical (unpaired) electrons. The van der Waals surface area contributed by atoms with Gasteiger partial charge in [-0.05, 0) is 38.1 Å². The van der Waals surface area contributed by atoms with E-state index in [4.69, 9.17) is 9.47 Å². The summed E-state index contributed by atoms with van der Waals surface area (Å²) in [6, 6.07) is 15.3. The maximum atomic E-state index is 13.3. The number of para-hydroxylation sites is 1. The first-order valence-corrected chi connectivity index (χ1v) is 8.85. The van der Waals surface area contributed by atoms with Crippen molar-refractivity contribution < 1.29 is 14.3 Å². The van der Waals surface area contributed by atoms with Crippen molar-refractivity contribution in [3.8, 4) is 17.2 Å². The lowest BCUT2D eigenvalue weighted by Gasteiger charge is -2.33. The number of fused-ring (bicyclic) bond motifs is 1. The van der Waals surface area contributed by atoms with Crippen LogP contribution in [0.15, 0.2) is 54.7 Å². The van der Waals surface area contributed by atoms with Crippen molar-refractivity contribution in [1.82, 2.24) is 9.78 Å². The van der Waals surface area contributed by atoms with Crippen LogP contribution in [0.3, 0.4) is 0 Å². The number of nitrogens with zero attached hydrogens (tertiary/aromatic N) is 3. The van der Waals surface area contributed by atoms with Crippen molar-refractivity contribution in [3.05, 3.63) is 66.0 Å². The Morgan fingerprint density at radius 2 is 2.00 bits per heavy atom. The van der Waals surface area contributed by atoms with Gasteiger partial charge in [0.1, 0.15) is 17.6 Å². The van der Waals surface area contributed by atoms with Crippen LogP contribution < -0.4 is 14.4 Å². The number of methoxy groups -OCH3 is 1. The summed E-state index contributed by atoms with van der Waals surface area (Å²) >= 11 is 0. The number of hydrogen-bond donors (Lipinski definition) is 0. The van der Waals surface area contributed by atoms with Gasteiger partial charge in [-0.3, -0.25) is 4.79 Å². The lowest BCUT2D eigenvalue weighted by atomic mass is 10.1. The van der Waals surface area contributed by atoms with Crippen LogP contribution >= 0.6 is 0 Å². The molecular weight excluding hydrogens is 342 g/mol. The van der Waals surface area contributed by atoms with Gasteiger partial charge >= 0.3 is 0 Å². The van der Waals surface area contributed by atoms with Crippen molar-refractivity contribution in [2.45, 2.75) is 20.0 Å². The summed E-state index contributed by atoms with van der Waals surface area (Å²) in [4.78, 5) is 15.1. The summed E-state index contributed by atoms with van der Waals surface area (Å²) < 4.78 is 13.0. The number of amides is 1. The highest BCUT2D eigenvalue weighted by Gasteiger charge is 2.30. The van der Waals surface area contributed by atoms with Gasteiger partial charge in [0, 0.05) is 6.07 Å². The normalized spacial score (nSPS) is 15.8. The Labute approximate surface area is 157 Å². The SMILES string of the molecule is COc1ccc2c(c1)N(C(=O)c1cnn(-c3ccccc3)c1C)C[C@H](C)O2. The zero-order chi connectivity index (χ0) is 19.0. The van der Waals surface area contributed by atoms with Gasteiger partial charge in [0.05, 0.1) is 42.5 Å². The van der Waals surface area contributed by atoms with Crippen LogP contribution in [0.2, 0.25) is 0 Å². The van der Waals surface area contributed by atoms with E-state index in [0.29, 0.717) is 29.3 Å². The summed E-state index contributed by atoms with van der Waals surface area (Å²) in [6.45, 7) is 4.33. The van der Waals surface area contributed by atoms with E-state index in [1.807, 2.05) is 62.4 Å². The first-order chi connectivity index (χ1) is 13.1. The number of benzene rings is 2. The predicted molar refractivity (Wildman–Crippen MR) is 103 cm³/mol. The lowest BCUT2D eigenvalue weighted by molar-refractivity contribution is 0.0960. The Morgan fingerprint density at radius 1 is 1.22 bits per heavy atom. The average molecular weight is 363 g/mol. The fourth-order valence-corrected chi connectivity index (χ4v) is 3.33. The van der Waals surface area contributed by atoms with E-state index < -0.39 is 0 Å². The van der Waals surface area contributed by atoms with Crippen molar-refractivity contribution in [3.63, 3.8) is 0 Å². The fraction of sp³-hybridized carbons (Fsp3) is 0.238. The second-order valence-corrected chi connectivity index (χ2v) is 6.57. The average Bonchev–Trinajstić information content (AvgIpc) is 3.08. The second-order valence-electron chi connectivity index (χ2n) is 6.57. The van der Waals surface area contributed by atoms with Gasteiger partial charge in [-0.2, -0.15) is 5.10 Å². The number of aromatic nitrogens is 2. The molecule has 0 spiro atoms. The Morgan fingerprint density at radius 3 is 2.74 bits per heavy atom. The quantitative estimate of drug-likeness (QED) is 0.713. The Balaban J connectivity index is 1.73. The van der Waals surface area contributed by atoms with Crippen LogP contribution in [0.25, 0.3) is 5.69 Å². The monoisotopic (exact) mass is 363 g/mol. The number of carbonyl (C=O) groups excluding carboxylic acids is 1. The molecule has 0 unspecified atom stereocenters. The van der Waals surface area contributed by atoms with Gasteiger partial charge in [0.2, 0.25) is 0 Å². The molecule has 1 aliphatic heterocycles.